The van der Waals surface area contributed by atoms with Gasteiger partial charge < -0.3 is 14.6 Å². The summed E-state index contributed by atoms with van der Waals surface area (Å²) in [5.41, 5.74) is -0.123. The Bertz CT molecular complexity index is 713. The van der Waals surface area contributed by atoms with Crippen molar-refractivity contribution in [1.29, 1.82) is 0 Å². The van der Waals surface area contributed by atoms with Gasteiger partial charge in [0.2, 0.25) is 5.89 Å². The van der Waals surface area contributed by atoms with Crippen molar-refractivity contribution in [2.45, 2.75) is 45.2 Å². The van der Waals surface area contributed by atoms with Gasteiger partial charge in [-0.15, -0.1) is 0 Å². The van der Waals surface area contributed by atoms with Gasteiger partial charge in [-0.05, 0) is 32.9 Å². The number of methoxy groups -OCH3 is 1. The molecule has 2 aromatic heterocycles. The maximum Gasteiger partial charge on any atom is 0.346 e. The number of rotatable bonds is 7. The average Bonchev–Trinajstić information content (AvgIpc) is 3.19. The molecule has 0 spiro atoms. The Morgan fingerprint density at radius 3 is 2.88 bits per heavy atom. The van der Waals surface area contributed by atoms with E-state index in [1.54, 1.807) is 11.7 Å². The molecule has 0 bridgehead atoms. The van der Waals surface area contributed by atoms with Crippen molar-refractivity contribution in [2.24, 2.45) is 0 Å². The first-order valence-corrected chi connectivity index (χ1v) is 8.41. The van der Waals surface area contributed by atoms with Gasteiger partial charge in [0.15, 0.2) is 5.82 Å². The second kappa shape index (κ2) is 7.71. The van der Waals surface area contributed by atoms with Gasteiger partial charge in [0.1, 0.15) is 12.4 Å². The van der Waals surface area contributed by atoms with Crippen LogP contribution in [0.25, 0.3) is 0 Å². The highest BCUT2D eigenvalue weighted by atomic mass is 16.5. The predicted octanol–water partition coefficient (Wildman–Crippen LogP) is 0.152. The number of hydrogen-bond donors (Lipinski definition) is 1. The lowest BCUT2D eigenvalue weighted by molar-refractivity contribution is 0.199. The Morgan fingerprint density at radius 1 is 1.38 bits per heavy atom. The van der Waals surface area contributed by atoms with Gasteiger partial charge in [-0.3, -0.25) is 4.57 Å². The molecule has 3 heterocycles. The molecule has 9 nitrogen and oxygen atoms in total. The number of nitrogens with zero attached hydrogens (tertiary/aromatic N) is 5. The first-order valence-electron chi connectivity index (χ1n) is 8.41. The van der Waals surface area contributed by atoms with Crippen molar-refractivity contribution < 1.29 is 9.26 Å². The lowest BCUT2D eigenvalue weighted by atomic mass is 9.97. The molecule has 1 fully saturated rings. The summed E-state index contributed by atoms with van der Waals surface area (Å²) in [7, 11) is 1.63. The predicted molar refractivity (Wildman–Crippen MR) is 86.0 cm³/mol. The quantitative estimate of drug-likeness (QED) is 0.768. The molecule has 0 saturated carbocycles. The van der Waals surface area contributed by atoms with E-state index >= 15 is 0 Å². The van der Waals surface area contributed by atoms with Gasteiger partial charge in [0.25, 0.3) is 0 Å². The fourth-order valence-corrected chi connectivity index (χ4v) is 3.02. The minimum Gasteiger partial charge on any atom is -0.384 e. The molecule has 9 heteroatoms. The molecule has 0 aliphatic carbocycles. The van der Waals surface area contributed by atoms with Crippen molar-refractivity contribution in [2.75, 3.05) is 26.8 Å². The molecular formula is C15H24N6O3. The Balaban J connectivity index is 1.79. The molecular weight excluding hydrogens is 312 g/mol. The third-order valence-electron chi connectivity index (χ3n) is 4.30. The van der Waals surface area contributed by atoms with Crippen LogP contribution in [0.5, 0.6) is 0 Å². The lowest BCUT2D eigenvalue weighted by Gasteiger charge is -2.21. The Labute approximate surface area is 140 Å². The van der Waals surface area contributed by atoms with E-state index in [2.05, 4.69) is 20.6 Å². The summed E-state index contributed by atoms with van der Waals surface area (Å²) in [6.45, 7) is 5.23. The highest BCUT2D eigenvalue weighted by Crippen LogP contribution is 2.22. The van der Waals surface area contributed by atoms with E-state index in [1.807, 2.05) is 6.92 Å². The Morgan fingerprint density at radius 2 is 2.17 bits per heavy atom. The molecule has 1 saturated heterocycles. The number of ether oxygens (including phenoxy) is 1. The number of aromatic nitrogens is 5. The summed E-state index contributed by atoms with van der Waals surface area (Å²) in [5.74, 6) is 2.15. The van der Waals surface area contributed by atoms with E-state index in [0.29, 0.717) is 37.2 Å². The maximum atomic E-state index is 12.6. The first kappa shape index (κ1) is 16.8. The smallest absolute Gasteiger partial charge is 0.346 e. The molecule has 1 N–H and O–H groups in total. The fourth-order valence-electron chi connectivity index (χ4n) is 3.02. The van der Waals surface area contributed by atoms with Crippen LogP contribution < -0.4 is 11.0 Å². The molecule has 0 aromatic carbocycles. The van der Waals surface area contributed by atoms with Crippen LogP contribution in [0.3, 0.4) is 0 Å². The molecule has 24 heavy (non-hydrogen) atoms. The van der Waals surface area contributed by atoms with Gasteiger partial charge in [-0.25, -0.2) is 9.48 Å². The zero-order chi connectivity index (χ0) is 16.9. The monoisotopic (exact) mass is 336 g/mol. The summed E-state index contributed by atoms with van der Waals surface area (Å²) in [6.07, 6.45) is 2.58. The highest BCUT2D eigenvalue weighted by Gasteiger charge is 2.24. The van der Waals surface area contributed by atoms with Gasteiger partial charge >= 0.3 is 5.69 Å². The van der Waals surface area contributed by atoms with Crippen LogP contribution >= 0.6 is 0 Å². The van der Waals surface area contributed by atoms with E-state index in [4.69, 9.17) is 9.26 Å². The minimum atomic E-state index is -0.123. The minimum absolute atomic E-state index is 0.123. The van der Waals surface area contributed by atoms with Crippen LogP contribution in [-0.2, 0) is 24.2 Å². The van der Waals surface area contributed by atoms with E-state index < -0.39 is 0 Å². The molecule has 3 rings (SSSR count). The molecule has 0 atom stereocenters. The van der Waals surface area contributed by atoms with Gasteiger partial charge in [-0.2, -0.15) is 10.1 Å². The van der Waals surface area contributed by atoms with E-state index in [9.17, 15) is 4.79 Å². The van der Waals surface area contributed by atoms with Crippen molar-refractivity contribution in [1.82, 2.24) is 29.8 Å². The summed E-state index contributed by atoms with van der Waals surface area (Å²) >= 11 is 0. The van der Waals surface area contributed by atoms with E-state index in [0.717, 1.165) is 31.8 Å². The lowest BCUT2D eigenvalue weighted by Crippen LogP contribution is -2.29. The zero-order valence-electron chi connectivity index (χ0n) is 14.2. The Kier molecular flexibility index (Phi) is 5.41. The third-order valence-corrected chi connectivity index (χ3v) is 4.30. The van der Waals surface area contributed by atoms with Crippen molar-refractivity contribution in [3.63, 3.8) is 0 Å². The third kappa shape index (κ3) is 3.57. The highest BCUT2D eigenvalue weighted by molar-refractivity contribution is 5.00. The Hall–Kier alpha value is -2.00. The van der Waals surface area contributed by atoms with E-state index in [1.165, 1.54) is 4.68 Å². The van der Waals surface area contributed by atoms with Crippen LogP contribution in [0.4, 0.5) is 0 Å². The number of nitrogens with one attached hydrogen (secondary N) is 1. The summed E-state index contributed by atoms with van der Waals surface area (Å²) in [6, 6.07) is 0. The largest absolute Gasteiger partial charge is 0.384 e. The molecule has 2 aromatic rings. The van der Waals surface area contributed by atoms with Crippen LogP contribution in [0.15, 0.2) is 9.32 Å². The normalized spacial score (nSPS) is 15.9. The molecule has 132 valence electrons. The average molecular weight is 336 g/mol. The topological polar surface area (TPSA) is 100 Å². The van der Waals surface area contributed by atoms with E-state index in [-0.39, 0.29) is 12.2 Å². The summed E-state index contributed by atoms with van der Waals surface area (Å²) in [5, 5.41) is 11.8. The second-order valence-corrected chi connectivity index (χ2v) is 5.91. The number of hydrogen-bond acceptors (Lipinski definition) is 7. The van der Waals surface area contributed by atoms with Crippen LogP contribution in [0, 0.1) is 0 Å². The molecule has 0 amide bonds. The second-order valence-electron chi connectivity index (χ2n) is 5.91. The van der Waals surface area contributed by atoms with Gasteiger partial charge in [-0.1, -0.05) is 5.16 Å². The summed E-state index contributed by atoms with van der Waals surface area (Å²) in [4.78, 5) is 16.9. The van der Waals surface area contributed by atoms with Crippen LogP contribution in [0.2, 0.25) is 0 Å². The van der Waals surface area contributed by atoms with Crippen molar-refractivity contribution >= 4 is 0 Å². The first-order chi connectivity index (χ1) is 11.7. The summed E-state index contributed by atoms with van der Waals surface area (Å²) < 4.78 is 13.4. The van der Waals surface area contributed by atoms with Crippen molar-refractivity contribution in [3.8, 4) is 0 Å². The van der Waals surface area contributed by atoms with Gasteiger partial charge in [0.05, 0.1) is 6.61 Å². The zero-order valence-corrected chi connectivity index (χ0v) is 14.2. The van der Waals surface area contributed by atoms with Crippen LogP contribution in [0.1, 0.15) is 43.2 Å². The molecule has 1 aliphatic heterocycles. The SMILES string of the molecule is CCn1c(C2CCNCC2)nn(Cc2nc(CCOC)no2)c1=O. The fraction of sp³-hybridized carbons (Fsp3) is 0.733. The molecule has 0 unspecified atom stereocenters. The van der Waals surface area contributed by atoms with Gasteiger partial charge in [0, 0.05) is 26.0 Å². The molecule has 0 radical (unpaired) electrons. The molecule has 1 aliphatic rings. The maximum absolute atomic E-state index is 12.6. The number of piperidine rings is 1. The van der Waals surface area contributed by atoms with Crippen LogP contribution in [-0.4, -0.2) is 51.3 Å². The standard InChI is InChI=1S/C15H24N6O3/c1-3-20-14(11-4-7-16-8-5-11)18-21(15(20)22)10-13-17-12(19-24-13)6-9-23-2/h11,16H,3-10H2,1-2H3. The van der Waals surface area contributed by atoms with Crippen molar-refractivity contribution in [3.05, 3.63) is 28.0 Å².